The molecule has 48 heavy (non-hydrogen) atoms. The van der Waals surface area contributed by atoms with Crippen LogP contribution in [-0.2, 0) is 36.5 Å². The van der Waals surface area contributed by atoms with Crippen molar-refractivity contribution in [2.75, 3.05) is 6.16 Å². The predicted molar refractivity (Wildman–Crippen MR) is 197 cm³/mol. The second kappa shape index (κ2) is 24.0. The Kier molecular flexibility index (Phi) is 23.9. The molecule has 0 nitrogen and oxygen atoms in total. The number of benzene rings is 2. The van der Waals surface area contributed by atoms with Crippen molar-refractivity contribution in [3.05, 3.63) is 137 Å². The van der Waals surface area contributed by atoms with Crippen LogP contribution in [0.1, 0.15) is 85.3 Å². The van der Waals surface area contributed by atoms with Gasteiger partial charge in [-0.25, -0.2) is 0 Å². The zero-order valence-electron chi connectivity index (χ0n) is 29.7. The molecule has 2 fully saturated rings. The van der Waals surface area contributed by atoms with E-state index >= 15 is 0 Å². The normalized spacial score (nSPS) is 20.6. The predicted octanol–water partition coefficient (Wildman–Crippen LogP) is 12.5. The van der Waals surface area contributed by atoms with Gasteiger partial charge in [0.25, 0.3) is 0 Å². The molecule has 2 aromatic carbocycles. The fraction of sp³-hybridized carbons (Fsp3) is 0.359. The van der Waals surface area contributed by atoms with Gasteiger partial charge in [0.2, 0.25) is 0 Å². The summed E-state index contributed by atoms with van der Waals surface area (Å²) in [6.45, 7) is 20.0. The third-order valence-corrected chi connectivity index (χ3v) is 13.1. The summed E-state index contributed by atoms with van der Waals surface area (Å²) in [6.07, 6.45) is 17.5. The van der Waals surface area contributed by atoms with Crippen LogP contribution in [0.15, 0.2) is 72.8 Å². The van der Waals surface area contributed by atoms with E-state index in [1.54, 1.807) is 5.66 Å². The summed E-state index contributed by atoms with van der Waals surface area (Å²) < 4.78 is 39.0. The molecule has 1 heterocycles. The van der Waals surface area contributed by atoms with Crippen molar-refractivity contribution in [2.24, 2.45) is 0 Å². The van der Waals surface area contributed by atoms with Crippen LogP contribution in [0.4, 0.5) is 17.3 Å². The molecule has 0 unspecified atom stereocenters. The van der Waals surface area contributed by atoms with Crippen molar-refractivity contribution >= 4 is 34.4 Å². The molecule has 1 aliphatic heterocycles. The molecule has 0 atom stereocenters. The number of hydrogen-bond donors (Lipinski definition) is 0. The number of rotatable bonds is 4. The van der Waals surface area contributed by atoms with Gasteiger partial charge in [-0.3, -0.25) is 0 Å². The van der Waals surface area contributed by atoms with Crippen molar-refractivity contribution < 1.29 is 53.8 Å². The molecule has 1 saturated heterocycles. The number of hydrogen-bond acceptors (Lipinski definition) is 0. The van der Waals surface area contributed by atoms with Crippen molar-refractivity contribution in [3.63, 3.8) is 0 Å². The zero-order chi connectivity index (χ0) is 34.4. The van der Waals surface area contributed by atoms with E-state index in [2.05, 4.69) is 141 Å². The van der Waals surface area contributed by atoms with E-state index in [1.807, 2.05) is 0 Å². The maximum absolute atomic E-state index is 9.75. The summed E-state index contributed by atoms with van der Waals surface area (Å²) in [5.74, 6) is 10.3. The van der Waals surface area contributed by atoms with E-state index < -0.39 is 7.25 Å². The van der Waals surface area contributed by atoms with Crippen molar-refractivity contribution in [1.29, 1.82) is 0 Å². The third kappa shape index (κ3) is 16.4. The average molecular weight is 826 g/mol. The first kappa shape index (κ1) is 47.7. The Morgan fingerprint density at radius 1 is 0.562 bits per heavy atom. The van der Waals surface area contributed by atoms with E-state index in [0.29, 0.717) is 0 Å². The van der Waals surface area contributed by atoms with Gasteiger partial charge in [-0.1, -0.05) is 130 Å². The topological polar surface area (TPSA) is 0 Å². The first-order chi connectivity index (χ1) is 21.6. The van der Waals surface area contributed by atoms with Gasteiger partial charge in [-0.05, 0) is 123 Å². The monoisotopic (exact) mass is 826 g/mol. The molecule has 3 aliphatic rings. The second-order valence-corrected chi connectivity index (χ2v) is 15.1. The van der Waals surface area contributed by atoms with Gasteiger partial charge >= 0.3 is 24.3 Å². The minimum absolute atomic E-state index is 0. The number of aryl methyl sites for hydroxylation is 2. The summed E-state index contributed by atoms with van der Waals surface area (Å²) in [7, 11) is -4.95. The second-order valence-electron chi connectivity index (χ2n) is 11.9. The fourth-order valence-electron chi connectivity index (χ4n) is 5.20. The van der Waals surface area contributed by atoms with Crippen molar-refractivity contribution in [2.45, 2.75) is 88.0 Å². The Bertz CT molecular complexity index is 1100. The van der Waals surface area contributed by atoms with Gasteiger partial charge in [-0.15, -0.1) is 0 Å². The first-order valence-electron chi connectivity index (χ1n) is 16.0. The Morgan fingerprint density at radius 2 is 0.875 bits per heavy atom. The molecule has 5 rings (SSSR count). The summed E-state index contributed by atoms with van der Waals surface area (Å²) in [5.41, 5.74) is 4.43. The minimum Gasteiger partial charge on any atom is -0.418 e. The third-order valence-electron chi connectivity index (χ3n) is 8.70. The molecular formula is C39H50BF4FeP2Rh+. The Morgan fingerprint density at radius 3 is 1.15 bits per heavy atom. The van der Waals surface area contributed by atoms with Gasteiger partial charge in [0.1, 0.15) is 0 Å². The van der Waals surface area contributed by atoms with Crippen LogP contribution in [0, 0.1) is 67.1 Å². The summed E-state index contributed by atoms with van der Waals surface area (Å²) in [5, 5.41) is 3.05. The van der Waals surface area contributed by atoms with Crippen molar-refractivity contribution in [3.8, 4) is 0 Å². The van der Waals surface area contributed by atoms with Crippen LogP contribution >= 0.6 is 16.5 Å². The molecule has 1 saturated carbocycles. The van der Waals surface area contributed by atoms with E-state index in [4.69, 9.17) is 0 Å². The molecule has 0 amide bonds. The van der Waals surface area contributed by atoms with Gasteiger partial charge in [0, 0.05) is 25.1 Å². The van der Waals surface area contributed by atoms with Gasteiger partial charge in [0.05, 0.1) is 0 Å². The van der Waals surface area contributed by atoms with Crippen LogP contribution in [0.5, 0.6) is 0 Å². The quantitative estimate of drug-likeness (QED) is 0.125. The summed E-state index contributed by atoms with van der Waals surface area (Å²) in [4.78, 5) is 0. The molecule has 0 spiro atoms. The van der Waals surface area contributed by atoms with Crippen molar-refractivity contribution in [1.82, 2.24) is 0 Å². The van der Waals surface area contributed by atoms with E-state index in [1.165, 1.54) is 104 Å². The molecule has 263 valence electrons. The number of halogens is 4. The fourth-order valence-corrected chi connectivity index (χ4v) is 9.53. The summed E-state index contributed by atoms with van der Waals surface area (Å²) >= 11 is 0. The average Bonchev–Trinajstić information content (AvgIpc) is 3.38. The molecule has 2 aromatic rings. The maximum Gasteiger partial charge on any atom is 2.00 e. The van der Waals surface area contributed by atoms with Crippen LogP contribution in [0.2, 0.25) is 0 Å². The van der Waals surface area contributed by atoms with E-state index in [-0.39, 0.29) is 44.5 Å². The first-order valence-corrected chi connectivity index (χ1v) is 18.5. The van der Waals surface area contributed by atoms with Gasteiger partial charge in [-0.2, -0.15) is 0 Å². The van der Waals surface area contributed by atoms with Crippen LogP contribution in [0.3, 0.4) is 0 Å². The van der Waals surface area contributed by atoms with Crippen LogP contribution < -0.4 is 10.6 Å². The summed E-state index contributed by atoms with van der Waals surface area (Å²) in [6, 6.07) is 17.8. The van der Waals surface area contributed by atoms with E-state index in [0.717, 1.165) is 0 Å². The molecule has 2 aliphatic carbocycles. The molecule has 0 aromatic heterocycles. The molecule has 0 N–H and O–H groups in total. The molecular weight excluding hydrogens is 776 g/mol. The van der Waals surface area contributed by atoms with Crippen LogP contribution in [-0.4, -0.2) is 13.4 Å². The SMILES string of the molecule is C1=C\CC/C=C\CC/1.C[C]1[CH][P][C](CP(c2ccccc2C)c2ccccc2C)[C]1C.C[C]1[C](C)[C](C)[C](C)[C]1C.F[B-](F)(F)F.[Fe+2].[Rh]. The maximum atomic E-state index is 9.75. The Balaban J connectivity index is 0.000000731. The molecule has 11 radical (unpaired) electrons. The van der Waals surface area contributed by atoms with Crippen LogP contribution in [0.25, 0.3) is 0 Å². The molecule has 0 bridgehead atoms. The molecule has 9 heteroatoms. The standard InChI is InChI=1S/C21H23P2.C10H15.C8H12.BF4.Fe.Rh/c1-15-9-5-7-11-20(15)23(21-12-8-6-10-16(21)2)14-19-18(4)17(3)13-22-19;1-6-7(2)9(4)10(5)8(6)3;1-2-4-6-8-7-5-3-1;2-1(3,4)5;;/h5-13H,14H2,1-4H3;1-5H3;1-2,7-8H,3-6H2;;;/q;;;-1;+2;/b;;2-1-,8-7-;;;. The van der Waals surface area contributed by atoms with Gasteiger partial charge < -0.3 is 17.3 Å². The van der Waals surface area contributed by atoms with E-state index in [9.17, 15) is 17.3 Å². The number of allylic oxidation sites excluding steroid dienone is 4. The smallest absolute Gasteiger partial charge is 0.418 e. The largest absolute Gasteiger partial charge is 2.00 e. The Hall–Kier alpha value is -0.292. The minimum atomic E-state index is -6.00. The zero-order valence-corrected chi connectivity index (χ0v) is 34.2. The van der Waals surface area contributed by atoms with Gasteiger partial charge in [0.15, 0.2) is 0 Å². The Labute approximate surface area is 317 Å².